The van der Waals surface area contributed by atoms with E-state index in [2.05, 4.69) is 0 Å². The quantitative estimate of drug-likeness (QED) is 0.143. The molecule has 0 amide bonds. The van der Waals surface area contributed by atoms with E-state index >= 15 is 0 Å². The van der Waals surface area contributed by atoms with Crippen LogP contribution < -0.4 is 0 Å². The molecule has 3 fully saturated rings. The summed E-state index contributed by atoms with van der Waals surface area (Å²) >= 11 is 0. The van der Waals surface area contributed by atoms with Crippen molar-refractivity contribution < 1.29 is 79.5 Å². The molecule has 10 N–H and O–H groups in total. The molecule has 3 heterocycles. The summed E-state index contributed by atoms with van der Waals surface area (Å²) in [4.78, 5) is 0. The zero-order valence-corrected chi connectivity index (χ0v) is 18.7. The first-order chi connectivity index (χ1) is 16.5. The Bertz CT molecular complexity index is 648. The summed E-state index contributed by atoms with van der Waals surface area (Å²) < 4.78 is 31.7. The second-order valence-corrected chi connectivity index (χ2v) is 8.59. The molecule has 0 aromatic rings. The molecule has 16 heteroatoms. The molecule has 0 unspecified atom stereocenters. The van der Waals surface area contributed by atoms with Crippen molar-refractivity contribution in [3.05, 3.63) is 0 Å². The van der Waals surface area contributed by atoms with Crippen LogP contribution >= 0.6 is 0 Å². The standard InChI is InChI=1S/C19H34O16/c1-30-17-13(27)11(25)9(23)7(34-17)4-31-18-15(29)12(26)16(6(3-21)33-18)35-19-14(28)10(24)8(22)5(2-20)32-19/h5-29H,2-4H2,1H3/t5-,6-,7-,8-,9-,10+,11+,12-,13+,14+,15+,16-,17+,18+,19-/m0/s1. The Morgan fingerprint density at radius 3 is 1.60 bits per heavy atom. The fourth-order valence-corrected chi connectivity index (χ4v) is 4.13. The third-order valence-electron chi connectivity index (χ3n) is 6.29. The number of hydrogen-bond acceptors (Lipinski definition) is 16. The van der Waals surface area contributed by atoms with Gasteiger partial charge < -0.3 is 79.5 Å². The Morgan fingerprint density at radius 1 is 0.543 bits per heavy atom. The first-order valence-corrected chi connectivity index (χ1v) is 11.0. The van der Waals surface area contributed by atoms with Crippen molar-refractivity contribution in [2.75, 3.05) is 26.9 Å². The van der Waals surface area contributed by atoms with Crippen molar-refractivity contribution >= 4 is 0 Å². The highest BCUT2D eigenvalue weighted by Crippen LogP contribution is 2.30. The topological polar surface area (TPSA) is 258 Å². The maximum absolute atomic E-state index is 10.6. The molecule has 0 bridgehead atoms. The van der Waals surface area contributed by atoms with Crippen molar-refractivity contribution in [1.29, 1.82) is 0 Å². The monoisotopic (exact) mass is 518 g/mol. The molecule has 0 aliphatic carbocycles. The van der Waals surface area contributed by atoms with Crippen LogP contribution in [-0.2, 0) is 28.4 Å². The van der Waals surface area contributed by atoms with Gasteiger partial charge in [-0.15, -0.1) is 0 Å². The Morgan fingerprint density at radius 2 is 1.03 bits per heavy atom. The second-order valence-electron chi connectivity index (χ2n) is 8.59. The maximum atomic E-state index is 10.6. The van der Waals surface area contributed by atoms with Crippen LogP contribution in [0.2, 0.25) is 0 Å². The third-order valence-corrected chi connectivity index (χ3v) is 6.29. The van der Waals surface area contributed by atoms with Gasteiger partial charge in [0.2, 0.25) is 0 Å². The Hall–Kier alpha value is -0.640. The smallest absolute Gasteiger partial charge is 0.187 e. The van der Waals surface area contributed by atoms with Crippen molar-refractivity contribution in [2.45, 2.75) is 92.1 Å². The van der Waals surface area contributed by atoms with E-state index in [1.54, 1.807) is 0 Å². The molecular formula is C19H34O16. The molecule has 15 atom stereocenters. The van der Waals surface area contributed by atoms with Crippen LogP contribution in [-0.4, -0.2) is 170 Å². The number of rotatable bonds is 8. The van der Waals surface area contributed by atoms with Crippen molar-refractivity contribution in [1.82, 2.24) is 0 Å². The highest BCUT2D eigenvalue weighted by atomic mass is 16.8. The van der Waals surface area contributed by atoms with E-state index in [4.69, 9.17) is 28.4 Å². The van der Waals surface area contributed by atoms with Crippen LogP contribution in [0.3, 0.4) is 0 Å². The molecule has 0 radical (unpaired) electrons. The minimum Gasteiger partial charge on any atom is -0.394 e. The fourth-order valence-electron chi connectivity index (χ4n) is 4.13. The van der Waals surface area contributed by atoms with Gasteiger partial charge in [-0.05, 0) is 0 Å². The van der Waals surface area contributed by atoms with Crippen LogP contribution in [0.25, 0.3) is 0 Å². The third kappa shape index (κ3) is 5.93. The lowest BCUT2D eigenvalue weighted by atomic mass is 9.97. The minimum absolute atomic E-state index is 0.490. The van der Waals surface area contributed by atoms with Gasteiger partial charge in [0.05, 0.1) is 19.8 Å². The van der Waals surface area contributed by atoms with E-state index in [0.29, 0.717) is 0 Å². The van der Waals surface area contributed by atoms with Crippen LogP contribution in [0.15, 0.2) is 0 Å². The average molecular weight is 518 g/mol. The molecule has 3 saturated heterocycles. The molecule has 206 valence electrons. The summed E-state index contributed by atoms with van der Waals surface area (Å²) in [5.41, 5.74) is 0. The largest absolute Gasteiger partial charge is 0.394 e. The van der Waals surface area contributed by atoms with Gasteiger partial charge in [0, 0.05) is 7.11 Å². The summed E-state index contributed by atoms with van der Waals surface area (Å²) in [6.07, 6.45) is -23.4. The molecule has 0 aromatic heterocycles. The Balaban J connectivity index is 1.63. The normalized spacial score (nSPS) is 51.3. The van der Waals surface area contributed by atoms with Crippen LogP contribution in [0.4, 0.5) is 0 Å². The number of aliphatic hydroxyl groups is 10. The van der Waals surface area contributed by atoms with Gasteiger partial charge in [0.25, 0.3) is 0 Å². The molecule has 16 nitrogen and oxygen atoms in total. The number of hydrogen-bond donors (Lipinski definition) is 10. The highest BCUT2D eigenvalue weighted by molar-refractivity contribution is 4.95. The molecule has 3 aliphatic heterocycles. The number of methoxy groups -OCH3 is 1. The van der Waals surface area contributed by atoms with Crippen LogP contribution in [0.5, 0.6) is 0 Å². The van der Waals surface area contributed by atoms with Crippen molar-refractivity contribution in [3.8, 4) is 0 Å². The van der Waals surface area contributed by atoms with E-state index in [1.165, 1.54) is 7.11 Å². The van der Waals surface area contributed by atoms with Gasteiger partial charge in [-0.25, -0.2) is 0 Å². The SMILES string of the molecule is CO[C@@H]1O[C@@H](CO[C@@H]2O[C@@H](CO)[C@H](O[C@@H]3O[C@@H](CO)[C@H](O)[C@@H](O)[C@H]3O)[C@@H](O)[C@H]2O)[C@H](O)[C@@H](O)[C@H]1O. The van der Waals surface area contributed by atoms with Crippen LogP contribution in [0.1, 0.15) is 0 Å². The zero-order chi connectivity index (χ0) is 26.0. The van der Waals surface area contributed by atoms with Gasteiger partial charge in [-0.1, -0.05) is 0 Å². The lowest BCUT2D eigenvalue weighted by Crippen LogP contribution is -2.65. The molecule has 0 aromatic carbocycles. The second kappa shape index (κ2) is 12.3. The Kier molecular flexibility index (Phi) is 10.1. The fraction of sp³-hybridized carbons (Fsp3) is 1.00. The van der Waals surface area contributed by atoms with E-state index in [0.717, 1.165) is 0 Å². The molecular weight excluding hydrogens is 484 g/mol. The van der Waals surface area contributed by atoms with E-state index in [-0.39, 0.29) is 0 Å². The molecule has 35 heavy (non-hydrogen) atoms. The molecule has 0 saturated carbocycles. The van der Waals surface area contributed by atoms with Crippen molar-refractivity contribution in [2.24, 2.45) is 0 Å². The minimum atomic E-state index is -1.80. The van der Waals surface area contributed by atoms with Gasteiger partial charge in [-0.2, -0.15) is 0 Å². The van der Waals surface area contributed by atoms with Gasteiger partial charge in [0.15, 0.2) is 18.9 Å². The molecule has 0 spiro atoms. The van der Waals surface area contributed by atoms with Crippen LogP contribution in [0, 0.1) is 0 Å². The summed E-state index contributed by atoms with van der Waals surface area (Å²) in [6, 6.07) is 0. The Labute approximate surface area is 199 Å². The van der Waals surface area contributed by atoms with E-state index in [9.17, 15) is 51.1 Å². The van der Waals surface area contributed by atoms with Gasteiger partial charge in [0.1, 0.15) is 73.2 Å². The van der Waals surface area contributed by atoms with Gasteiger partial charge >= 0.3 is 0 Å². The zero-order valence-electron chi connectivity index (χ0n) is 18.7. The lowest BCUT2D eigenvalue weighted by molar-refractivity contribution is -0.364. The molecule has 3 aliphatic rings. The van der Waals surface area contributed by atoms with E-state index in [1.807, 2.05) is 0 Å². The average Bonchev–Trinajstić information content (AvgIpc) is 2.85. The first kappa shape index (κ1) is 28.9. The summed E-state index contributed by atoms with van der Waals surface area (Å²) in [5.74, 6) is 0. The predicted octanol–water partition coefficient (Wildman–Crippen LogP) is -6.92. The lowest BCUT2D eigenvalue weighted by Gasteiger charge is -2.46. The highest BCUT2D eigenvalue weighted by Gasteiger charge is 2.51. The predicted molar refractivity (Wildman–Crippen MR) is 106 cm³/mol. The van der Waals surface area contributed by atoms with Gasteiger partial charge in [-0.3, -0.25) is 0 Å². The summed E-state index contributed by atoms with van der Waals surface area (Å²) in [6.45, 7) is -1.97. The maximum Gasteiger partial charge on any atom is 0.187 e. The summed E-state index contributed by atoms with van der Waals surface area (Å²) in [7, 11) is 1.21. The molecule has 3 rings (SSSR count). The first-order valence-electron chi connectivity index (χ1n) is 11.0. The summed E-state index contributed by atoms with van der Waals surface area (Å²) in [5, 5.41) is 99.9. The van der Waals surface area contributed by atoms with E-state index < -0.39 is 112 Å². The number of ether oxygens (including phenoxy) is 6. The number of aliphatic hydroxyl groups excluding tert-OH is 10. The van der Waals surface area contributed by atoms with Crippen molar-refractivity contribution in [3.63, 3.8) is 0 Å².